The molecule has 1 aromatic carbocycles. The van der Waals surface area contributed by atoms with Crippen molar-refractivity contribution in [3.63, 3.8) is 0 Å². The summed E-state index contributed by atoms with van der Waals surface area (Å²) in [6, 6.07) is 8.16. The second-order valence-corrected chi connectivity index (χ2v) is 3.62. The lowest BCUT2D eigenvalue weighted by Crippen LogP contribution is -2.02. The molecule has 0 saturated heterocycles. The molecule has 0 aliphatic heterocycles. The standard InChI is InChI=1S/C12H15NO/c1-3-9-5-4-6-11-10(9)7-12(14-11)8(2)13/h4-8H,3,13H2,1-2H3/t8-/m0/s1. The van der Waals surface area contributed by atoms with Gasteiger partial charge >= 0.3 is 0 Å². The summed E-state index contributed by atoms with van der Waals surface area (Å²) in [6.45, 7) is 4.08. The second kappa shape index (κ2) is 3.46. The van der Waals surface area contributed by atoms with Gasteiger partial charge in [0.05, 0.1) is 6.04 Å². The van der Waals surface area contributed by atoms with Crippen molar-refractivity contribution in [3.05, 3.63) is 35.6 Å². The van der Waals surface area contributed by atoms with Crippen molar-refractivity contribution in [1.82, 2.24) is 0 Å². The highest BCUT2D eigenvalue weighted by molar-refractivity contribution is 5.81. The minimum Gasteiger partial charge on any atom is -0.459 e. The third-order valence-electron chi connectivity index (χ3n) is 2.50. The first-order valence-corrected chi connectivity index (χ1v) is 4.99. The van der Waals surface area contributed by atoms with Crippen molar-refractivity contribution in [2.24, 2.45) is 5.73 Å². The van der Waals surface area contributed by atoms with Gasteiger partial charge in [0.1, 0.15) is 11.3 Å². The van der Waals surface area contributed by atoms with Crippen LogP contribution in [-0.2, 0) is 6.42 Å². The number of fused-ring (bicyclic) bond motifs is 1. The lowest BCUT2D eigenvalue weighted by atomic mass is 10.1. The van der Waals surface area contributed by atoms with Gasteiger partial charge in [-0.25, -0.2) is 0 Å². The van der Waals surface area contributed by atoms with Crippen LogP contribution in [0.5, 0.6) is 0 Å². The Balaban J connectivity index is 2.64. The predicted molar refractivity (Wildman–Crippen MR) is 58.2 cm³/mol. The van der Waals surface area contributed by atoms with Gasteiger partial charge in [-0.2, -0.15) is 0 Å². The Bertz CT molecular complexity index is 443. The molecule has 0 unspecified atom stereocenters. The van der Waals surface area contributed by atoms with Gasteiger partial charge in [-0.1, -0.05) is 19.1 Å². The lowest BCUT2D eigenvalue weighted by molar-refractivity contribution is 0.513. The summed E-state index contributed by atoms with van der Waals surface area (Å²) in [5.41, 5.74) is 8.03. The summed E-state index contributed by atoms with van der Waals surface area (Å²) in [5.74, 6) is 0.862. The molecule has 1 heterocycles. The molecule has 2 N–H and O–H groups in total. The maximum Gasteiger partial charge on any atom is 0.134 e. The van der Waals surface area contributed by atoms with Gasteiger partial charge < -0.3 is 10.2 Å². The summed E-state index contributed by atoms with van der Waals surface area (Å²) in [7, 11) is 0. The van der Waals surface area contributed by atoms with Crippen LogP contribution in [0, 0.1) is 0 Å². The maximum absolute atomic E-state index is 5.78. The van der Waals surface area contributed by atoms with Gasteiger partial charge in [-0.15, -0.1) is 0 Å². The van der Waals surface area contributed by atoms with Crippen LogP contribution in [0.3, 0.4) is 0 Å². The van der Waals surface area contributed by atoms with Gasteiger partial charge in [-0.3, -0.25) is 0 Å². The second-order valence-electron chi connectivity index (χ2n) is 3.62. The van der Waals surface area contributed by atoms with Gasteiger partial charge in [0.25, 0.3) is 0 Å². The molecule has 1 aromatic heterocycles. The van der Waals surface area contributed by atoms with Gasteiger partial charge in [0.2, 0.25) is 0 Å². The number of rotatable bonds is 2. The number of nitrogens with two attached hydrogens (primary N) is 1. The number of hydrogen-bond acceptors (Lipinski definition) is 2. The molecule has 2 aromatic rings. The Hall–Kier alpha value is -1.28. The third-order valence-corrected chi connectivity index (χ3v) is 2.50. The van der Waals surface area contributed by atoms with E-state index in [1.54, 1.807) is 0 Å². The molecule has 0 spiro atoms. The summed E-state index contributed by atoms with van der Waals surface area (Å²) in [5, 5.41) is 1.20. The predicted octanol–water partition coefficient (Wildman–Crippen LogP) is 3.01. The van der Waals surface area contributed by atoms with E-state index in [0.717, 1.165) is 17.8 Å². The summed E-state index contributed by atoms with van der Waals surface area (Å²) >= 11 is 0. The highest BCUT2D eigenvalue weighted by Gasteiger charge is 2.09. The largest absolute Gasteiger partial charge is 0.459 e. The first kappa shape index (κ1) is 9.28. The molecule has 14 heavy (non-hydrogen) atoms. The van der Waals surface area contributed by atoms with Crippen molar-refractivity contribution < 1.29 is 4.42 Å². The fourth-order valence-electron chi connectivity index (χ4n) is 1.67. The molecule has 2 nitrogen and oxygen atoms in total. The average Bonchev–Trinajstić information content (AvgIpc) is 2.60. The normalized spacial score (nSPS) is 13.4. The Morgan fingerprint density at radius 3 is 2.86 bits per heavy atom. The van der Waals surface area contributed by atoms with Gasteiger partial charge in [0, 0.05) is 5.39 Å². The molecular formula is C12H15NO. The van der Waals surface area contributed by atoms with Crippen LogP contribution in [0.2, 0.25) is 0 Å². The van der Waals surface area contributed by atoms with Crippen LogP contribution in [0.4, 0.5) is 0 Å². The monoisotopic (exact) mass is 189 g/mol. The molecule has 0 radical (unpaired) electrons. The zero-order chi connectivity index (χ0) is 10.1. The molecule has 2 heteroatoms. The van der Waals surface area contributed by atoms with Crippen molar-refractivity contribution >= 4 is 11.0 Å². The first-order chi connectivity index (χ1) is 6.72. The number of hydrogen-bond donors (Lipinski definition) is 1. The van der Waals surface area contributed by atoms with Crippen LogP contribution in [0.1, 0.15) is 31.2 Å². The minimum atomic E-state index is -0.0351. The van der Waals surface area contributed by atoms with E-state index in [-0.39, 0.29) is 6.04 Å². The van der Waals surface area contributed by atoms with Crippen LogP contribution in [0.15, 0.2) is 28.7 Å². The van der Waals surface area contributed by atoms with Gasteiger partial charge in [-0.05, 0) is 31.0 Å². The van der Waals surface area contributed by atoms with E-state index >= 15 is 0 Å². The third kappa shape index (κ3) is 1.42. The number of benzene rings is 1. The summed E-state index contributed by atoms with van der Waals surface area (Å²) < 4.78 is 5.65. The van der Waals surface area contributed by atoms with Crippen LogP contribution in [-0.4, -0.2) is 0 Å². The number of aryl methyl sites for hydroxylation is 1. The summed E-state index contributed by atoms with van der Waals surface area (Å²) in [6.07, 6.45) is 1.02. The summed E-state index contributed by atoms with van der Waals surface area (Å²) in [4.78, 5) is 0. The molecule has 0 amide bonds. The molecule has 0 bridgehead atoms. The van der Waals surface area contributed by atoms with Gasteiger partial charge in [0.15, 0.2) is 0 Å². The van der Waals surface area contributed by atoms with E-state index < -0.39 is 0 Å². The highest BCUT2D eigenvalue weighted by Crippen LogP contribution is 2.25. The molecule has 0 aliphatic rings. The Kier molecular flexibility index (Phi) is 2.30. The van der Waals surface area contributed by atoms with Crippen molar-refractivity contribution in [2.75, 3.05) is 0 Å². The minimum absolute atomic E-state index is 0.0351. The smallest absolute Gasteiger partial charge is 0.134 e. The fourth-order valence-corrected chi connectivity index (χ4v) is 1.67. The van der Waals surface area contributed by atoms with E-state index in [1.165, 1.54) is 10.9 Å². The Morgan fingerprint density at radius 1 is 1.43 bits per heavy atom. The molecule has 0 fully saturated rings. The lowest BCUT2D eigenvalue weighted by Gasteiger charge is -1.96. The Morgan fingerprint density at radius 2 is 2.21 bits per heavy atom. The Labute approximate surface area is 83.7 Å². The van der Waals surface area contributed by atoms with E-state index in [4.69, 9.17) is 10.2 Å². The van der Waals surface area contributed by atoms with Crippen molar-refractivity contribution in [3.8, 4) is 0 Å². The highest BCUT2D eigenvalue weighted by atomic mass is 16.3. The SMILES string of the molecule is CCc1cccc2oc([C@H](C)N)cc12. The number of furan rings is 1. The van der Waals surface area contributed by atoms with E-state index in [1.807, 2.05) is 19.1 Å². The maximum atomic E-state index is 5.78. The fraction of sp³-hybridized carbons (Fsp3) is 0.333. The average molecular weight is 189 g/mol. The molecule has 0 saturated carbocycles. The molecule has 74 valence electrons. The van der Waals surface area contributed by atoms with Crippen molar-refractivity contribution in [1.29, 1.82) is 0 Å². The van der Waals surface area contributed by atoms with Crippen LogP contribution < -0.4 is 5.73 Å². The van der Waals surface area contributed by atoms with E-state index in [2.05, 4.69) is 19.1 Å². The molecule has 2 rings (SSSR count). The zero-order valence-corrected chi connectivity index (χ0v) is 8.58. The molecule has 0 aliphatic carbocycles. The van der Waals surface area contributed by atoms with Crippen LogP contribution >= 0.6 is 0 Å². The van der Waals surface area contributed by atoms with E-state index in [0.29, 0.717) is 0 Å². The zero-order valence-electron chi connectivity index (χ0n) is 8.58. The first-order valence-electron chi connectivity index (χ1n) is 4.99. The molecular weight excluding hydrogens is 174 g/mol. The quantitative estimate of drug-likeness (QED) is 0.788. The van der Waals surface area contributed by atoms with E-state index in [9.17, 15) is 0 Å². The van der Waals surface area contributed by atoms with Crippen molar-refractivity contribution in [2.45, 2.75) is 26.3 Å². The topological polar surface area (TPSA) is 39.2 Å². The molecule has 1 atom stereocenters. The van der Waals surface area contributed by atoms with Crippen LogP contribution in [0.25, 0.3) is 11.0 Å².